The molecule has 6 heteroatoms. The lowest BCUT2D eigenvalue weighted by Gasteiger charge is -2.07. The second-order valence-corrected chi connectivity index (χ2v) is 7.51. The first-order valence-corrected chi connectivity index (χ1v) is 9.98. The topological polar surface area (TPSA) is 79.8 Å². The Morgan fingerprint density at radius 3 is 2.42 bits per heavy atom. The number of Topliss-reactive ketones (excluding diaryl/α,β-unsaturated/α-hetero) is 1. The van der Waals surface area contributed by atoms with Crippen molar-refractivity contribution < 1.29 is 9.59 Å². The summed E-state index contributed by atoms with van der Waals surface area (Å²) in [7, 11) is 1.97. The van der Waals surface area contributed by atoms with Gasteiger partial charge in [-0.25, -0.2) is 4.98 Å². The Labute approximate surface area is 178 Å². The molecule has 5 aromatic rings. The third-order valence-corrected chi connectivity index (χ3v) is 5.51. The van der Waals surface area contributed by atoms with Gasteiger partial charge in [-0.3, -0.25) is 9.59 Å². The van der Waals surface area contributed by atoms with Gasteiger partial charge in [-0.1, -0.05) is 30.3 Å². The van der Waals surface area contributed by atoms with E-state index in [0.29, 0.717) is 16.9 Å². The first-order valence-electron chi connectivity index (χ1n) is 9.98. The van der Waals surface area contributed by atoms with Crippen LogP contribution in [0.25, 0.3) is 33.3 Å². The Balaban J connectivity index is 1.39. The van der Waals surface area contributed by atoms with Gasteiger partial charge >= 0.3 is 0 Å². The molecule has 0 spiro atoms. The van der Waals surface area contributed by atoms with Crippen LogP contribution in [-0.4, -0.2) is 26.2 Å². The number of ketones is 1. The first-order chi connectivity index (χ1) is 15.0. The van der Waals surface area contributed by atoms with Crippen LogP contribution in [0.4, 0.5) is 5.69 Å². The van der Waals surface area contributed by atoms with Crippen molar-refractivity contribution in [2.45, 2.75) is 6.92 Å². The van der Waals surface area contributed by atoms with Gasteiger partial charge in [0.1, 0.15) is 5.82 Å². The summed E-state index contributed by atoms with van der Waals surface area (Å²) in [4.78, 5) is 33.3. The summed E-state index contributed by atoms with van der Waals surface area (Å²) in [5.74, 6) is -0.387. The van der Waals surface area contributed by atoms with E-state index in [-0.39, 0.29) is 0 Å². The summed E-state index contributed by atoms with van der Waals surface area (Å²) in [6, 6.07) is 22.7. The number of hydrogen-bond acceptors (Lipinski definition) is 3. The van der Waals surface area contributed by atoms with Crippen LogP contribution >= 0.6 is 0 Å². The van der Waals surface area contributed by atoms with Crippen molar-refractivity contribution >= 4 is 39.3 Å². The summed E-state index contributed by atoms with van der Waals surface area (Å²) < 4.78 is 2.03. The molecular weight excluding hydrogens is 388 g/mol. The zero-order valence-electron chi connectivity index (χ0n) is 17.1. The molecule has 3 aromatic carbocycles. The predicted octanol–water partition coefficient (Wildman–Crippen LogP) is 4.85. The lowest BCUT2D eigenvalue weighted by molar-refractivity contribution is -0.112. The van der Waals surface area contributed by atoms with Crippen molar-refractivity contribution in [1.29, 1.82) is 0 Å². The maximum Gasteiger partial charge on any atom is 0.296 e. The van der Waals surface area contributed by atoms with Crippen molar-refractivity contribution in [2.24, 2.45) is 7.05 Å². The summed E-state index contributed by atoms with van der Waals surface area (Å²) in [6.07, 6.45) is 0. The van der Waals surface area contributed by atoms with Gasteiger partial charge < -0.3 is 14.9 Å². The zero-order chi connectivity index (χ0) is 21.5. The van der Waals surface area contributed by atoms with Gasteiger partial charge in [-0.15, -0.1) is 0 Å². The fourth-order valence-corrected chi connectivity index (χ4v) is 3.98. The molecule has 0 radical (unpaired) electrons. The highest BCUT2D eigenvalue weighted by Crippen LogP contribution is 2.26. The molecule has 152 valence electrons. The van der Waals surface area contributed by atoms with Gasteiger partial charge in [0.15, 0.2) is 0 Å². The normalized spacial score (nSPS) is 11.2. The average molecular weight is 408 g/mol. The summed E-state index contributed by atoms with van der Waals surface area (Å²) >= 11 is 0. The van der Waals surface area contributed by atoms with Gasteiger partial charge in [0.05, 0.1) is 16.6 Å². The molecule has 2 aromatic heterocycles. The lowest BCUT2D eigenvalue weighted by Crippen LogP contribution is -2.23. The molecule has 0 fully saturated rings. The van der Waals surface area contributed by atoms with Gasteiger partial charge in [-0.05, 0) is 49.4 Å². The van der Waals surface area contributed by atoms with Crippen LogP contribution in [0.1, 0.15) is 16.1 Å². The van der Waals surface area contributed by atoms with E-state index in [4.69, 9.17) is 4.98 Å². The number of rotatable bonds is 4. The molecular formula is C25H20N4O2. The van der Waals surface area contributed by atoms with Gasteiger partial charge in [0.2, 0.25) is 0 Å². The Morgan fingerprint density at radius 1 is 0.935 bits per heavy atom. The van der Waals surface area contributed by atoms with Crippen LogP contribution in [0, 0.1) is 6.92 Å². The van der Waals surface area contributed by atoms with E-state index in [0.717, 1.165) is 33.3 Å². The van der Waals surface area contributed by atoms with Gasteiger partial charge in [0.25, 0.3) is 11.7 Å². The molecule has 0 atom stereocenters. The molecule has 6 nitrogen and oxygen atoms in total. The second-order valence-electron chi connectivity index (χ2n) is 7.51. The molecule has 1 amide bonds. The van der Waals surface area contributed by atoms with Crippen molar-refractivity contribution in [2.75, 3.05) is 5.32 Å². The molecule has 0 aliphatic heterocycles. The van der Waals surface area contributed by atoms with E-state index in [1.807, 2.05) is 72.3 Å². The van der Waals surface area contributed by atoms with Crippen LogP contribution < -0.4 is 5.32 Å². The lowest BCUT2D eigenvalue weighted by atomic mass is 10.1. The number of benzene rings is 3. The largest absolute Gasteiger partial charge is 0.358 e. The fraction of sp³-hybridized carbons (Fsp3) is 0.0800. The van der Waals surface area contributed by atoms with E-state index in [1.165, 1.54) is 0 Å². The number of nitrogens with zero attached hydrogens (tertiary/aromatic N) is 2. The number of aryl methyl sites for hydroxylation is 2. The second kappa shape index (κ2) is 7.25. The number of carbonyl (C=O) groups is 2. The number of H-pyrrole nitrogens is 1. The minimum Gasteiger partial charge on any atom is -0.358 e. The summed E-state index contributed by atoms with van der Waals surface area (Å²) in [5, 5.41) is 3.46. The van der Waals surface area contributed by atoms with Crippen molar-refractivity contribution in [1.82, 2.24) is 14.5 Å². The first kappa shape index (κ1) is 18.8. The molecule has 0 saturated heterocycles. The molecule has 31 heavy (non-hydrogen) atoms. The number of carbonyl (C=O) groups excluding carboxylic acids is 2. The minimum absolute atomic E-state index is 0.407. The fourth-order valence-electron chi connectivity index (χ4n) is 3.98. The Hall–Kier alpha value is -4.19. The number of aromatic amines is 1. The number of para-hydroxylation sites is 3. The Bertz CT molecular complexity index is 1460. The van der Waals surface area contributed by atoms with E-state index >= 15 is 0 Å². The number of hydrogen-bond donors (Lipinski definition) is 2. The van der Waals surface area contributed by atoms with E-state index in [2.05, 4.69) is 10.3 Å². The maximum absolute atomic E-state index is 12.8. The highest BCUT2D eigenvalue weighted by atomic mass is 16.2. The maximum atomic E-state index is 12.8. The zero-order valence-corrected chi connectivity index (χ0v) is 17.1. The highest BCUT2D eigenvalue weighted by molar-refractivity contribution is 6.48. The molecule has 0 bridgehead atoms. The molecule has 5 rings (SSSR count). The van der Waals surface area contributed by atoms with Crippen LogP contribution in [-0.2, 0) is 11.8 Å². The smallest absolute Gasteiger partial charge is 0.296 e. The number of amides is 1. The highest BCUT2D eigenvalue weighted by Gasteiger charge is 2.22. The number of anilines is 1. The van der Waals surface area contributed by atoms with Crippen LogP contribution in [0.15, 0.2) is 72.8 Å². The summed E-state index contributed by atoms with van der Waals surface area (Å²) in [6.45, 7) is 1.80. The summed E-state index contributed by atoms with van der Waals surface area (Å²) in [5.41, 5.74) is 5.38. The quantitative estimate of drug-likeness (QED) is 0.329. The molecule has 2 N–H and O–H groups in total. The number of aromatic nitrogens is 3. The van der Waals surface area contributed by atoms with Crippen LogP contribution in [0.3, 0.4) is 0 Å². The predicted molar refractivity (Wildman–Crippen MR) is 122 cm³/mol. The average Bonchev–Trinajstić information content (AvgIpc) is 3.30. The Kier molecular flexibility index (Phi) is 4.40. The van der Waals surface area contributed by atoms with Crippen LogP contribution in [0.2, 0.25) is 0 Å². The van der Waals surface area contributed by atoms with E-state index < -0.39 is 11.7 Å². The van der Waals surface area contributed by atoms with E-state index in [9.17, 15) is 9.59 Å². The van der Waals surface area contributed by atoms with E-state index in [1.54, 1.807) is 19.1 Å². The van der Waals surface area contributed by atoms with Gasteiger partial charge in [-0.2, -0.15) is 0 Å². The van der Waals surface area contributed by atoms with Gasteiger partial charge in [0, 0.05) is 34.9 Å². The standard InChI is InChI=1S/C25H20N4O2/c1-15-22(18-7-3-4-8-19(18)26-15)23(30)25(31)27-17-13-11-16(12-14-17)24-28-20-9-5-6-10-21(20)29(24)2/h3-14,26H,1-2H3,(H,27,31). The molecule has 0 unspecified atom stereocenters. The molecule has 0 aliphatic rings. The number of nitrogens with one attached hydrogen (secondary N) is 2. The third kappa shape index (κ3) is 3.18. The van der Waals surface area contributed by atoms with Crippen molar-refractivity contribution in [3.8, 4) is 11.4 Å². The molecule has 0 aliphatic carbocycles. The third-order valence-electron chi connectivity index (χ3n) is 5.51. The van der Waals surface area contributed by atoms with Crippen molar-refractivity contribution in [3.05, 3.63) is 84.1 Å². The monoisotopic (exact) mass is 408 g/mol. The van der Waals surface area contributed by atoms with Crippen LogP contribution in [0.5, 0.6) is 0 Å². The number of fused-ring (bicyclic) bond motifs is 2. The number of imidazole rings is 1. The SMILES string of the molecule is Cc1[nH]c2ccccc2c1C(=O)C(=O)Nc1ccc(-c2nc3ccccc3n2C)cc1. The minimum atomic E-state index is -0.664. The Morgan fingerprint density at radius 2 is 1.65 bits per heavy atom. The molecule has 2 heterocycles. The van der Waals surface area contributed by atoms with Crippen molar-refractivity contribution in [3.63, 3.8) is 0 Å². The molecule has 0 saturated carbocycles.